The first-order valence-electron chi connectivity index (χ1n) is 8.83. The third-order valence-corrected chi connectivity index (χ3v) is 4.71. The lowest BCUT2D eigenvalue weighted by atomic mass is 10.1. The Bertz CT molecular complexity index is 753. The maximum absolute atomic E-state index is 12.3. The van der Waals surface area contributed by atoms with E-state index in [1.165, 1.54) is 5.56 Å². The lowest BCUT2D eigenvalue weighted by Gasteiger charge is -2.23. The Morgan fingerprint density at radius 3 is 2.73 bits per heavy atom. The molecule has 1 amide bonds. The van der Waals surface area contributed by atoms with Gasteiger partial charge in [0.15, 0.2) is 0 Å². The van der Waals surface area contributed by atoms with Crippen molar-refractivity contribution in [3.63, 3.8) is 0 Å². The minimum absolute atomic E-state index is 0.215. The number of hydrogen-bond donors (Lipinski definition) is 2. The number of hydrogen-bond acceptors (Lipinski definition) is 6. The Morgan fingerprint density at radius 1 is 1.27 bits per heavy atom. The number of benzene rings is 1. The van der Waals surface area contributed by atoms with Crippen molar-refractivity contribution in [1.29, 1.82) is 0 Å². The van der Waals surface area contributed by atoms with Crippen LogP contribution in [0.15, 0.2) is 36.7 Å². The fourth-order valence-electron chi connectivity index (χ4n) is 3.30. The van der Waals surface area contributed by atoms with E-state index in [0.717, 1.165) is 23.6 Å². The summed E-state index contributed by atoms with van der Waals surface area (Å²) in [6.45, 7) is 1.52. The summed E-state index contributed by atoms with van der Waals surface area (Å²) in [6.07, 6.45) is 2.93. The van der Waals surface area contributed by atoms with Crippen molar-refractivity contribution < 1.29 is 9.90 Å². The molecule has 2 aromatic rings. The Morgan fingerprint density at radius 2 is 2.00 bits per heavy atom. The van der Waals surface area contributed by atoms with Crippen LogP contribution in [0.25, 0.3) is 0 Å². The molecule has 26 heavy (non-hydrogen) atoms. The van der Waals surface area contributed by atoms with Gasteiger partial charge in [0.05, 0.1) is 12.3 Å². The Kier molecular flexibility index (Phi) is 5.80. The van der Waals surface area contributed by atoms with E-state index in [1.807, 2.05) is 25.2 Å². The molecule has 3 N–H and O–H groups in total. The van der Waals surface area contributed by atoms with Crippen LogP contribution in [-0.2, 0) is 24.2 Å². The average molecular weight is 355 g/mol. The van der Waals surface area contributed by atoms with Gasteiger partial charge in [0, 0.05) is 38.7 Å². The number of rotatable bonds is 5. The van der Waals surface area contributed by atoms with Crippen molar-refractivity contribution in [2.45, 2.75) is 25.4 Å². The van der Waals surface area contributed by atoms with Crippen molar-refractivity contribution in [2.24, 2.45) is 5.73 Å². The molecule has 0 saturated carbocycles. The molecule has 2 heterocycles. The number of aliphatic hydroxyl groups excluding tert-OH is 1. The number of anilines is 1. The van der Waals surface area contributed by atoms with Gasteiger partial charge >= 0.3 is 0 Å². The highest BCUT2D eigenvalue weighted by Gasteiger charge is 2.25. The molecule has 7 nitrogen and oxygen atoms in total. The molecule has 7 heteroatoms. The zero-order chi connectivity index (χ0) is 18.5. The van der Waals surface area contributed by atoms with Crippen LogP contribution >= 0.6 is 0 Å². The molecular weight excluding hydrogens is 330 g/mol. The van der Waals surface area contributed by atoms with Crippen molar-refractivity contribution in [3.8, 4) is 0 Å². The minimum Gasteiger partial charge on any atom is -0.394 e. The van der Waals surface area contributed by atoms with Gasteiger partial charge in [-0.1, -0.05) is 30.3 Å². The van der Waals surface area contributed by atoms with Gasteiger partial charge in [-0.15, -0.1) is 0 Å². The molecule has 3 rings (SSSR count). The Balaban J connectivity index is 1.78. The van der Waals surface area contributed by atoms with E-state index in [9.17, 15) is 4.79 Å². The molecule has 1 aliphatic heterocycles. The average Bonchev–Trinajstić information content (AvgIpc) is 2.90. The molecule has 1 aliphatic rings. The van der Waals surface area contributed by atoms with Crippen molar-refractivity contribution in [3.05, 3.63) is 53.5 Å². The third kappa shape index (κ3) is 4.00. The monoisotopic (exact) mass is 355 g/mol. The topological polar surface area (TPSA) is 95.6 Å². The predicted molar refractivity (Wildman–Crippen MR) is 99.6 cm³/mol. The SMILES string of the molecule is CN(Cc1ccccc1)c1ncnc2c1CCN(C(=O)[C@@H](N)CO)CC2. The predicted octanol–water partition coefficient (Wildman–Crippen LogP) is 0.360. The van der Waals surface area contributed by atoms with Gasteiger partial charge in [-0.2, -0.15) is 0 Å². The van der Waals surface area contributed by atoms with Crippen LogP contribution in [0, 0.1) is 0 Å². The third-order valence-electron chi connectivity index (χ3n) is 4.71. The number of aromatic nitrogens is 2. The fourth-order valence-corrected chi connectivity index (χ4v) is 3.30. The van der Waals surface area contributed by atoms with Crippen molar-refractivity contribution >= 4 is 11.7 Å². The molecule has 0 unspecified atom stereocenters. The molecule has 1 aromatic carbocycles. The van der Waals surface area contributed by atoms with Crippen LogP contribution in [0.1, 0.15) is 16.8 Å². The molecule has 138 valence electrons. The Hall–Kier alpha value is -2.51. The van der Waals surface area contributed by atoms with E-state index in [1.54, 1.807) is 11.2 Å². The largest absolute Gasteiger partial charge is 0.394 e. The summed E-state index contributed by atoms with van der Waals surface area (Å²) in [5.74, 6) is 0.687. The number of carbonyl (C=O) groups excluding carboxylic acids is 1. The molecule has 1 aromatic heterocycles. The molecular formula is C19H25N5O2. The van der Waals surface area contributed by atoms with E-state index in [2.05, 4.69) is 27.0 Å². The second-order valence-electron chi connectivity index (χ2n) is 6.58. The summed E-state index contributed by atoms with van der Waals surface area (Å²) in [5, 5.41) is 9.14. The normalized spacial score (nSPS) is 15.1. The molecule has 1 atom stereocenters. The van der Waals surface area contributed by atoms with E-state index < -0.39 is 6.04 Å². The summed E-state index contributed by atoms with van der Waals surface area (Å²) in [6, 6.07) is 9.38. The molecule has 0 radical (unpaired) electrons. The summed E-state index contributed by atoms with van der Waals surface area (Å²) in [4.78, 5) is 25.0. The van der Waals surface area contributed by atoms with Gasteiger partial charge in [-0.25, -0.2) is 9.97 Å². The number of amides is 1. The van der Waals surface area contributed by atoms with E-state index >= 15 is 0 Å². The smallest absolute Gasteiger partial charge is 0.241 e. The van der Waals surface area contributed by atoms with Crippen molar-refractivity contribution in [2.75, 3.05) is 31.6 Å². The first kappa shape index (κ1) is 18.3. The van der Waals surface area contributed by atoms with Gasteiger partial charge in [0.25, 0.3) is 0 Å². The fraction of sp³-hybridized carbons (Fsp3) is 0.421. The first-order valence-corrected chi connectivity index (χ1v) is 8.83. The highest BCUT2D eigenvalue weighted by Crippen LogP contribution is 2.24. The maximum Gasteiger partial charge on any atom is 0.241 e. The molecule has 0 bridgehead atoms. The summed E-state index contributed by atoms with van der Waals surface area (Å²) in [5.41, 5.74) is 8.96. The number of nitrogens with two attached hydrogens (primary N) is 1. The molecule has 0 fully saturated rings. The highest BCUT2D eigenvalue weighted by atomic mass is 16.3. The first-order chi connectivity index (χ1) is 12.6. The lowest BCUT2D eigenvalue weighted by molar-refractivity contribution is -0.133. The van der Waals surface area contributed by atoms with Gasteiger partial charge in [-0.3, -0.25) is 4.79 Å². The quantitative estimate of drug-likeness (QED) is 0.804. The van der Waals surface area contributed by atoms with Gasteiger partial charge in [0.2, 0.25) is 5.91 Å². The number of fused-ring (bicyclic) bond motifs is 1. The van der Waals surface area contributed by atoms with Crippen LogP contribution in [0.5, 0.6) is 0 Å². The lowest BCUT2D eigenvalue weighted by Crippen LogP contribution is -2.46. The zero-order valence-corrected chi connectivity index (χ0v) is 15.0. The van der Waals surface area contributed by atoms with Gasteiger partial charge < -0.3 is 20.6 Å². The van der Waals surface area contributed by atoms with E-state index in [-0.39, 0.29) is 12.5 Å². The maximum atomic E-state index is 12.3. The van der Waals surface area contributed by atoms with Crippen LogP contribution in [-0.4, -0.2) is 58.7 Å². The zero-order valence-electron chi connectivity index (χ0n) is 15.0. The summed E-state index contributed by atoms with van der Waals surface area (Å²) >= 11 is 0. The molecule has 0 aliphatic carbocycles. The summed E-state index contributed by atoms with van der Waals surface area (Å²) < 4.78 is 0. The number of nitrogens with zero attached hydrogens (tertiary/aromatic N) is 4. The second kappa shape index (κ2) is 8.25. The second-order valence-corrected chi connectivity index (χ2v) is 6.58. The number of carbonyl (C=O) groups is 1. The van der Waals surface area contributed by atoms with Crippen LogP contribution < -0.4 is 10.6 Å². The molecule has 0 saturated heterocycles. The van der Waals surface area contributed by atoms with Crippen LogP contribution in [0.4, 0.5) is 5.82 Å². The number of aliphatic hydroxyl groups is 1. The van der Waals surface area contributed by atoms with Crippen LogP contribution in [0.3, 0.4) is 0 Å². The van der Waals surface area contributed by atoms with Gasteiger partial charge in [-0.05, 0) is 12.0 Å². The standard InChI is InChI=1S/C19H25N5O2/c1-23(11-14-5-3-2-4-6-14)18-15-7-9-24(19(26)16(20)12-25)10-8-17(15)21-13-22-18/h2-6,13,16,25H,7-12,20H2,1H3/t16-/m0/s1. The molecule has 0 spiro atoms. The highest BCUT2D eigenvalue weighted by molar-refractivity contribution is 5.82. The minimum atomic E-state index is -0.859. The van der Waals surface area contributed by atoms with E-state index in [0.29, 0.717) is 25.9 Å². The van der Waals surface area contributed by atoms with Crippen LogP contribution in [0.2, 0.25) is 0 Å². The Labute approximate surface area is 153 Å². The van der Waals surface area contributed by atoms with Crippen molar-refractivity contribution in [1.82, 2.24) is 14.9 Å². The van der Waals surface area contributed by atoms with Gasteiger partial charge in [0.1, 0.15) is 18.2 Å². The summed E-state index contributed by atoms with van der Waals surface area (Å²) in [7, 11) is 2.02. The van der Waals surface area contributed by atoms with E-state index in [4.69, 9.17) is 10.8 Å².